The van der Waals surface area contributed by atoms with E-state index in [4.69, 9.17) is 0 Å². The summed E-state index contributed by atoms with van der Waals surface area (Å²) in [4.78, 5) is 0. The van der Waals surface area contributed by atoms with Crippen molar-refractivity contribution < 1.29 is 8.42 Å². The van der Waals surface area contributed by atoms with Crippen LogP contribution in [0.3, 0.4) is 0 Å². The maximum atomic E-state index is 12.8. The van der Waals surface area contributed by atoms with Crippen molar-refractivity contribution in [1.82, 2.24) is 14.3 Å². The van der Waals surface area contributed by atoms with Gasteiger partial charge in [-0.2, -0.15) is 12.7 Å². The monoisotopic (exact) mass is 399 g/mol. The van der Waals surface area contributed by atoms with Crippen molar-refractivity contribution in [3.63, 3.8) is 0 Å². The first-order valence-electron chi connectivity index (χ1n) is 9.69. The summed E-state index contributed by atoms with van der Waals surface area (Å²) in [5.74, 6) is 1.31. The van der Waals surface area contributed by atoms with Gasteiger partial charge in [-0.1, -0.05) is 43.5 Å². The minimum absolute atomic E-state index is 0. The molecule has 2 fully saturated rings. The van der Waals surface area contributed by atoms with E-state index in [0.717, 1.165) is 25.3 Å². The van der Waals surface area contributed by atoms with Crippen molar-refractivity contribution in [2.75, 3.05) is 26.2 Å². The molecule has 1 saturated carbocycles. The van der Waals surface area contributed by atoms with Crippen LogP contribution in [0.2, 0.25) is 0 Å². The molecule has 0 radical (unpaired) electrons. The molecule has 3 aliphatic rings. The minimum atomic E-state index is -3.39. The number of rotatable bonds is 4. The second-order valence-electron chi connectivity index (χ2n) is 7.76. The van der Waals surface area contributed by atoms with E-state index in [0.29, 0.717) is 25.6 Å². The van der Waals surface area contributed by atoms with E-state index in [-0.39, 0.29) is 18.4 Å². The fourth-order valence-electron chi connectivity index (χ4n) is 4.84. The number of piperidine rings is 1. The van der Waals surface area contributed by atoms with Gasteiger partial charge in [-0.25, -0.2) is 4.72 Å². The van der Waals surface area contributed by atoms with Crippen molar-refractivity contribution in [2.45, 2.75) is 44.6 Å². The Bertz CT molecular complexity index is 712. The normalized spacial score (nSPS) is 29.3. The Balaban J connectivity index is 0.00000196. The summed E-state index contributed by atoms with van der Waals surface area (Å²) < 4.78 is 30.2. The molecule has 7 heteroatoms. The standard InChI is InChI=1S/C19H29N3O2S.ClH/c23-25(24,22-12-10-15-5-1-2-7-17(15)14-22)21-13-19-18-8-4-3-6-16(18)9-11-20-19;/h3-4,6,8,15,17,19-21H,1-2,5,7,9-14H2;1H. The molecule has 2 N–H and O–H groups in total. The predicted molar refractivity (Wildman–Crippen MR) is 107 cm³/mol. The average Bonchev–Trinajstić information content (AvgIpc) is 2.66. The molecule has 1 aromatic rings. The quantitative estimate of drug-likeness (QED) is 0.818. The molecular formula is C19H30ClN3O2S. The van der Waals surface area contributed by atoms with Crippen molar-refractivity contribution in [2.24, 2.45) is 11.8 Å². The Morgan fingerprint density at radius 3 is 2.73 bits per heavy atom. The van der Waals surface area contributed by atoms with Crippen LogP contribution >= 0.6 is 12.4 Å². The highest BCUT2D eigenvalue weighted by Gasteiger charge is 2.36. The van der Waals surface area contributed by atoms with Gasteiger partial charge >= 0.3 is 0 Å². The number of nitrogens with one attached hydrogen (secondary N) is 2. The van der Waals surface area contributed by atoms with Gasteiger partial charge in [-0.15, -0.1) is 12.4 Å². The molecule has 4 rings (SSSR count). The van der Waals surface area contributed by atoms with Crippen LogP contribution in [0, 0.1) is 11.8 Å². The van der Waals surface area contributed by atoms with Gasteiger partial charge in [0.15, 0.2) is 0 Å². The number of nitrogens with zero attached hydrogens (tertiary/aromatic N) is 1. The van der Waals surface area contributed by atoms with E-state index in [1.807, 2.05) is 6.07 Å². The molecule has 3 atom stereocenters. The zero-order chi connectivity index (χ0) is 17.3. The van der Waals surface area contributed by atoms with E-state index in [9.17, 15) is 8.42 Å². The Kier molecular flexibility index (Phi) is 6.62. The molecule has 146 valence electrons. The highest BCUT2D eigenvalue weighted by Crippen LogP contribution is 2.36. The van der Waals surface area contributed by atoms with Gasteiger partial charge in [0, 0.05) is 25.7 Å². The van der Waals surface area contributed by atoms with Crippen LogP contribution in [0.5, 0.6) is 0 Å². The first-order valence-corrected chi connectivity index (χ1v) is 11.1. The van der Waals surface area contributed by atoms with E-state index in [1.165, 1.54) is 36.8 Å². The van der Waals surface area contributed by atoms with E-state index in [2.05, 4.69) is 28.2 Å². The maximum absolute atomic E-state index is 12.8. The van der Waals surface area contributed by atoms with Crippen molar-refractivity contribution >= 4 is 22.6 Å². The SMILES string of the molecule is Cl.O=S(=O)(NCC1NCCc2ccccc21)N1CCC2CCCCC2C1. The van der Waals surface area contributed by atoms with E-state index >= 15 is 0 Å². The van der Waals surface area contributed by atoms with Crippen molar-refractivity contribution in [3.8, 4) is 0 Å². The van der Waals surface area contributed by atoms with E-state index in [1.54, 1.807) is 4.31 Å². The minimum Gasteiger partial charge on any atom is -0.308 e. The zero-order valence-corrected chi connectivity index (χ0v) is 16.8. The molecule has 3 unspecified atom stereocenters. The summed E-state index contributed by atoms with van der Waals surface area (Å²) in [6, 6.07) is 8.40. The van der Waals surface area contributed by atoms with Crippen molar-refractivity contribution in [3.05, 3.63) is 35.4 Å². The Morgan fingerprint density at radius 2 is 1.88 bits per heavy atom. The second-order valence-corrected chi connectivity index (χ2v) is 9.52. The smallest absolute Gasteiger partial charge is 0.279 e. The summed E-state index contributed by atoms with van der Waals surface area (Å²) in [6.07, 6.45) is 7.08. The Morgan fingerprint density at radius 1 is 1.12 bits per heavy atom. The molecule has 1 aromatic carbocycles. The van der Waals surface area contributed by atoms with Crippen LogP contribution in [-0.2, 0) is 16.6 Å². The first kappa shape index (κ1) is 20.1. The third kappa shape index (κ3) is 4.25. The highest BCUT2D eigenvalue weighted by atomic mass is 35.5. The molecule has 2 heterocycles. The predicted octanol–water partition coefficient (Wildman–Crippen LogP) is 2.64. The Hall–Kier alpha value is -0.660. The van der Waals surface area contributed by atoms with Gasteiger partial charge in [0.25, 0.3) is 10.2 Å². The molecule has 1 saturated heterocycles. The van der Waals surface area contributed by atoms with Gasteiger partial charge in [-0.05, 0) is 48.8 Å². The average molecular weight is 400 g/mol. The molecule has 26 heavy (non-hydrogen) atoms. The summed E-state index contributed by atoms with van der Waals surface area (Å²) in [5.41, 5.74) is 2.55. The summed E-state index contributed by atoms with van der Waals surface area (Å²) in [6.45, 7) is 2.70. The number of hydrogen-bond acceptors (Lipinski definition) is 3. The lowest BCUT2D eigenvalue weighted by molar-refractivity contribution is 0.135. The molecule has 1 aliphatic carbocycles. The van der Waals surface area contributed by atoms with Gasteiger partial charge in [0.1, 0.15) is 0 Å². The third-order valence-corrected chi connectivity index (χ3v) is 7.82. The molecular weight excluding hydrogens is 370 g/mol. The van der Waals surface area contributed by atoms with Crippen LogP contribution in [-0.4, -0.2) is 38.9 Å². The maximum Gasteiger partial charge on any atom is 0.279 e. The van der Waals surface area contributed by atoms with Gasteiger partial charge < -0.3 is 5.32 Å². The number of benzene rings is 1. The fraction of sp³-hybridized carbons (Fsp3) is 0.684. The largest absolute Gasteiger partial charge is 0.308 e. The summed E-state index contributed by atoms with van der Waals surface area (Å²) in [7, 11) is -3.39. The molecule has 0 bridgehead atoms. The van der Waals surface area contributed by atoms with Gasteiger partial charge in [0.2, 0.25) is 0 Å². The molecule has 0 aromatic heterocycles. The van der Waals surface area contributed by atoms with Crippen LogP contribution in [0.4, 0.5) is 0 Å². The molecule has 0 spiro atoms. The molecule has 0 amide bonds. The molecule has 2 aliphatic heterocycles. The number of fused-ring (bicyclic) bond motifs is 2. The van der Waals surface area contributed by atoms with Gasteiger partial charge in [0.05, 0.1) is 0 Å². The second kappa shape index (κ2) is 8.57. The third-order valence-electron chi connectivity index (χ3n) is 6.28. The van der Waals surface area contributed by atoms with Crippen LogP contribution in [0.1, 0.15) is 49.3 Å². The first-order chi connectivity index (χ1) is 12.1. The molecule has 5 nitrogen and oxygen atoms in total. The fourth-order valence-corrected chi connectivity index (χ4v) is 6.13. The summed E-state index contributed by atoms with van der Waals surface area (Å²) >= 11 is 0. The van der Waals surface area contributed by atoms with Crippen LogP contribution in [0.15, 0.2) is 24.3 Å². The van der Waals surface area contributed by atoms with E-state index < -0.39 is 10.2 Å². The zero-order valence-electron chi connectivity index (χ0n) is 15.2. The lowest BCUT2D eigenvalue weighted by Crippen LogP contribution is -2.50. The van der Waals surface area contributed by atoms with Crippen LogP contribution in [0.25, 0.3) is 0 Å². The summed E-state index contributed by atoms with van der Waals surface area (Å²) in [5, 5.41) is 3.45. The lowest BCUT2D eigenvalue weighted by Gasteiger charge is -2.40. The van der Waals surface area contributed by atoms with Crippen LogP contribution < -0.4 is 10.0 Å². The highest BCUT2D eigenvalue weighted by molar-refractivity contribution is 7.87. The topological polar surface area (TPSA) is 61.4 Å². The number of hydrogen-bond donors (Lipinski definition) is 2. The van der Waals surface area contributed by atoms with Gasteiger partial charge in [-0.3, -0.25) is 0 Å². The number of halogens is 1. The Labute approximate surface area is 163 Å². The van der Waals surface area contributed by atoms with Crippen molar-refractivity contribution in [1.29, 1.82) is 0 Å². The lowest BCUT2D eigenvalue weighted by atomic mass is 9.76.